The summed E-state index contributed by atoms with van der Waals surface area (Å²) in [5.74, 6) is -0.0516. The van der Waals surface area contributed by atoms with Gasteiger partial charge in [-0.2, -0.15) is 4.31 Å². The van der Waals surface area contributed by atoms with Crippen molar-refractivity contribution in [3.63, 3.8) is 0 Å². The van der Waals surface area contributed by atoms with Crippen molar-refractivity contribution >= 4 is 21.6 Å². The Bertz CT molecular complexity index is 947. The number of carbonyl (C=O) groups excluding carboxylic acids is 1. The van der Waals surface area contributed by atoms with E-state index in [0.717, 1.165) is 27.3 Å². The van der Waals surface area contributed by atoms with Crippen LogP contribution in [-0.4, -0.2) is 51.4 Å². The quantitative estimate of drug-likeness (QED) is 0.788. The summed E-state index contributed by atoms with van der Waals surface area (Å²) >= 11 is 0. The van der Waals surface area contributed by atoms with Gasteiger partial charge in [0.05, 0.1) is 31.1 Å². The van der Waals surface area contributed by atoms with Crippen LogP contribution >= 0.6 is 0 Å². The molecule has 1 heterocycles. The van der Waals surface area contributed by atoms with Crippen molar-refractivity contribution in [1.82, 2.24) is 4.31 Å². The smallest absolute Gasteiger partial charge is 0.279 e. The second kappa shape index (κ2) is 8.43. The molecule has 28 heavy (non-hydrogen) atoms. The van der Waals surface area contributed by atoms with Crippen molar-refractivity contribution < 1.29 is 18.1 Å². The van der Waals surface area contributed by atoms with Crippen molar-refractivity contribution in [3.05, 3.63) is 59.2 Å². The van der Waals surface area contributed by atoms with Gasteiger partial charge in [0.2, 0.25) is 10.0 Å². The molecule has 0 aromatic heterocycles. The highest BCUT2D eigenvalue weighted by Crippen LogP contribution is 2.19. The van der Waals surface area contributed by atoms with Crippen LogP contribution in [0.2, 0.25) is 0 Å². The monoisotopic (exact) mass is 402 g/mol. The molecule has 0 radical (unpaired) electrons. The summed E-state index contributed by atoms with van der Waals surface area (Å²) < 4.78 is 27.3. The van der Waals surface area contributed by atoms with Gasteiger partial charge in [-0.25, -0.2) is 8.42 Å². The van der Waals surface area contributed by atoms with Crippen molar-refractivity contribution in [3.8, 4) is 0 Å². The number of amides is 1. The topological polar surface area (TPSA) is 70.9 Å². The molecule has 6 nitrogen and oxygen atoms in total. The first-order chi connectivity index (χ1) is 13.3. The maximum Gasteiger partial charge on any atom is 0.279 e. The number of nitrogens with one attached hydrogen (secondary N) is 2. The Morgan fingerprint density at radius 2 is 1.64 bits per heavy atom. The van der Waals surface area contributed by atoms with Crippen LogP contribution in [0.5, 0.6) is 0 Å². The minimum Gasteiger partial charge on any atom is -0.325 e. The molecular weight excluding hydrogens is 374 g/mol. The summed E-state index contributed by atoms with van der Waals surface area (Å²) in [6.07, 6.45) is 0. The highest BCUT2D eigenvalue weighted by molar-refractivity contribution is 7.89. The lowest BCUT2D eigenvalue weighted by molar-refractivity contribution is -0.895. The minimum absolute atomic E-state index is 0.0516. The van der Waals surface area contributed by atoms with Crippen LogP contribution in [0, 0.1) is 20.8 Å². The van der Waals surface area contributed by atoms with E-state index in [9.17, 15) is 13.2 Å². The van der Waals surface area contributed by atoms with E-state index >= 15 is 0 Å². The van der Waals surface area contributed by atoms with Gasteiger partial charge in [-0.15, -0.1) is 0 Å². The molecule has 0 saturated carbocycles. The van der Waals surface area contributed by atoms with Gasteiger partial charge in [-0.3, -0.25) is 4.79 Å². The van der Waals surface area contributed by atoms with E-state index in [4.69, 9.17) is 0 Å². The zero-order valence-corrected chi connectivity index (χ0v) is 17.5. The van der Waals surface area contributed by atoms with Gasteiger partial charge in [-0.1, -0.05) is 23.8 Å². The fourth-order valence-corrected chi connectivity index (χ4v) is 4.84. The summed E-state index contributed by atoms with van der Waals surface area (Å²) in [6.45, 7) is 8.30. The number of hydrogen-bond donors (Lipinski definition) is 2. The summed E-state index contributed by atoms with van der Waals surface area (Å²) in [6, 6.07) is 12.9. The van der Waals surface area contributed by atoms with Gasteiger partial charge in [0, 0.05) is 5.69 Å². The highest BCUT2D eigenvalue weighted by atomic mass is 32.2. The number of benzene rings is 2. The fraction of sp³-hybridized carbons (Fsp3) is 0.381. The second-order valence-electron chi connectivity index (χ2n) is 7.49. The summed E-state index contributed by atoms with van der Waals surface area (Å²) in [5.41, 5.74) is 3.97. The number of hydrogen-bond acceptors (Lipinski definition) is 3. The average Bonchev–Trinajstić information content (AvgIpc) is 2.66. The Balaban J connectivity index is 1.55. The van der Waals surface area contributed by atoms with Crippen LogP contribution in [0.1, 0.15) is 16.7 Å². The molecule has 1 amide bonds. The van der Waals surface area contributed by atoms with Crippen LogP contribution in [-0.2, 0) is 14.8 Å². The van der Waals surface area contributed by atoms with Crippen LogP contribution in [0.15, 0.2) is 47.4 Å². The minimum atomic E-state index is -3.49. The molecule has 2 N–H and O–H groups in total. The highest BCUT2D eigenvalue weighted by Gasteiger charge is 2.31. The number of nitrogens with zero attached hydrogens (tertiary/aromatic N) is 1. The van der Waals surface area contributed by atoms with Gasteiger partial charge in [-0.05, 0) is 56.2 Å². The average molecular weight is 403 g/mol. The van der Waals surface area contributed by atoms with E-state index < -0.39 is 10.0 Å². The molecular formula is C21H28N3O3S+. The Labute approximate surface area is 167 Å². The molecule has 1 fully saturated rings. The molecule has 0 aliphatic carbocycles. The molecule has 1 aliphatic rings. The number of piperazine rings is 1. The van der Waals surface area contributed by atoms with Crippen LogP contribution in [0.4, 0.5) is 5.69 Å². The first kappa shape index (κ1) is 20.5. The lowest BCUT2D eigenvalue weighted by Crippen LogP contribution is -3.15. The molecule has 1 saturated heterocycles. The van der Waals surface area contributed by atoms with E-state index in [0.29, 0.717) is 37.6 Å². The van der Waals surface area contributed by atoms with Crippen molar-refractivity contribution in [2.45, 2.75) is 25.7 Å². The number of aryl methyl sites for hydroxylation is 3. The van der Waals surface area contributed by atoms with Crippen molar-refractivity contribution in [1.29, 1.82) is 0 Å². The third-order valence-electron chi connectivity index (χ3n) is 5.29. The molecule has 0 atom stereocenters. The SMILES string of the molecule is Cc1ccc(NC(=O)C[NH+]2CCN(S(=O)(=O)c3ccc(C)c(C)c3)CC2)cc1. The van der Waals surface area contributed by atoms with Crippen LogP contribution in [0.3, 0.4) is 0 Å². The molecule has 2 aromatic carbocycles. The number of carbonyl (C=O) groups is 1. The van der Waals surface area contributed by atoms with E-state index in [-0.39, 0.29) is 5.91 Å². The lowest BCUT2D eigenvalue weighted by atomic mass is 10.1. The second-order valence-corrected chi connectivity index (χ2v) is 9.43. The Morgan fingerprint density at radius 3 is 2.25 bits per heavy atom. The zero-order chi connectivity index (χ0) is 20.3. The summed E-state index contributed by atoms with van der Waals surface area (Å²) in [7, 11) is -3.49. The van der Waals surface area contributed by atoms with Gasteiger partial charge < -0.3 is 10.2 Å². The van der Waals surface area contributed by atoms with Gasteiger partial charge in [0.15, 0.2) is 6.54 Å². The first-order valence-corrected chi connectivity index (χ1v) is 11.0. The normalized spacial score (nSPS) is 16.1. The third kappa shape index (κ3) is 4.79. The fourth-order valence-electron chi connectivity index (χ4n) is 3.31. The van der Waals surface area contributed by atoms with Gasteiger partial charge >= 0.3 is 0 Å². The van der Waals surface area contributed by atoms with E-state index in [1.807, 2.05) is 51.1 Å². The molecule has 2 aromatic rings. The maximum absolute atomic E-state index is 12.9. The standard InChI is InChI=1S/C21H27N3O3S/c1-16-4-7-19(8-5-16)22-21(25)15-23-10-12-24(13-11-23)28(26,27)20-9-6-17(2)18(3)14-20/h4-9,14H,10-13,15H2,1-3H3,(H,22,25)/p+1. The molecule has 0 bridgehead atoms. The van der Waals surface area contributed by atoms with E-state index in [1.54, 1.807) is 12.1 Å². The third-order valence-corrected chi connectivity index (χ3v) is 7.19. The van der Waals surface area contributed by atoms with Gasteiger partial charge in [0.1, 0.15) is 0 Å². The van der Waals surface area contributed by atoms with Crippen LogP contribution < -0.4 is 10.2 Å². The maximum atomic E-state index is 12.9. The van der Waals surface area contributed by atoms with Crippen LogP contribution in [0.25, 0.3) is 0 Å². The Morgan fingerprint density at radius 1 is 1.00 bits per heavy atom. The summed E-state index contributed by atoms with van der Waals surface area (Å²) in [5, 5.41) is 2.90. The Kier molecular flexibility index (Phi) is 6.17. The number of quaternary nitrogens is 1. The molecule has 1 aliphatic heterocycles. The number of sulfonamides is 1. The lowest BCUT2D eigenvalue weighted by Gasteiger charge is -2.31. The van der Waals surface area contributed by atoms with Gasteiger partial charge in [0.25, 0.3) is 5.91 Å². The largest absolute Gasteiger partial charge is 0.325 e. The molecule has 0 unspecified atom stereocenters. The molecule has 3 rings (SSSR count). The molecule has 7 heteroatoms. The predicted molar refractivity (Wildman–Crippen MR) is 110 cm³/mol. The van der Waals surface area contributed by atoms with Crippen molar-refractivity contribution in [2.24, 2.45) is 0 Å². The predicted octanol–water partition coefficient (Wildman–Crippen LogP) is 1.14. The first-order valence-electron chi connectivity index (χ1n) is 9.53. The van der Waals surface area contributed by atoms with Crippen molar-refractivity contribution in [2.75, 3.05) is 38.0 Å². The number of rotatable bonds is 5. The molecule has 150 valence electrons. The number of anilines is 1. The van der Waals surface area contributed by atoms with E-state index in [2.05, 4.69) is 5.32 Å². The summed E-state index contributed by atoms with van der Waals surface area (Å²) in [4.78, 5) is 13.7. The molecule has 0 spiro atoms. The zero-order valence-electron chi connectivity index (χ0n) is 16.7. The van der Waals surface area contributed by atoms with E-state index in [1.165, 1.54) is 4.31 Å². The Hall–Kier alpha value is -2.22.